The summed E-state index contributed by atoms with van der Waals surface area (Å²) in [5.74, 6) is 1.77. The average molecular weight is 470 g/mol. The molecule has 5 heteroatoms. The molecule has 3 N–H and O–H groups in total. The number of ether oxygens (including phenoxy) is 1. The van der Waals surface area contributed by atoms with E-state index in [-0.39, 0.29) is 17.2 Å². The van der Waals surface area contributed by atoms with Crippen LogP contribution in [0.5, 0.6) is 28.7 Å². The van der Waals surface area contributed by atoms with Gasteiger partial charge < -0.3 is 25.0 Å². The molecule has 0 aromatic heterocycles. The molecule has 0 aliphatic heterocycles. The van der Waals surface area contributed by atoms with E-state index in [1.54, 1.807) is 6.07 Å². The van der Waals surface area contributed by atoms with Crippen LogP contribution in [0.15, 0.2) is 60.7 Å². The Kier molecular flexibility index (Phi) is 6.35. The highest BCUT2D eigenvalue weighted by Gasteiger charge is 2.24. The van der Waals surface area contributed by atoms with Crippen LogP contribution in [0.3, 0.4) is 0 Å². The number of aromatic hydroxyl groups is 3. The zero-order chi connectivity index (χ0) is 25.4. The first-order valence-corrected chi connectivity index (χ1v) is 11.6. The highest BCUT2D eigenvalue weighted by Crippen LogP contribution is 2.48. The van der Waals surface area contributed by atoms with Crippen LogP contribution in [0.1, 0.15) is 33.4 Å². The Morgan fingerprint density at radius 3 is 1.63 bits per heavy atom. The van der Waals surface area contributed by atoms with Crippen molar-refractivity contribution in [3.8, 4) is 28.7 Å². The predicted molar refractivity (Wildman–Crippen MR) is 141 cm³/mol. The highest BCUT2D eigenvalue weighted by atomic mass is 16.5. The van der Waals surface area contributed by atoms with Gasteiger partial charge in [-0.3, -0.25) is 0 Å². The standard InChI is InChI=1S/C30H31NO4/c1-17-11-14-23(20(4)28(17)33)31(24-15-12-18(2)29(34)21(24)5)25-9-7-8-10-27(25)35-30-19(3)13-16-26(32)22(30)6/h7-16,32-34H,1-6H3. The first-order valence-electron chi connectivity index (χ1n) is 11.6. The molecule has 0 saturated heterocycles. The number of para-hydroxylation sites is 2. The third kappa shape index (κ3) is 4.26. The van der Waals surface area contributed by atoms with Crippen LogP contribution in [-0.4, -0.2) is 15.3 Å². The molecule has 0 aliphatic carbocycles. The summed E-state index contributed by atoms with van der Waals surface area (Å²) in [4.78, 5) is 1.99. The molecular formula is C30H31NO4. The molecule has 35 heavy (non-hydrogen) atoms. The Morgan fingerprint density at radius 2 is 1.06 bits per heavy atom. The van der Waals surface area contributed by atoms with E-state index in [0.29, 0.717) is 28.2 Å². The summed E-state index contributed by atoms with van der Waals surface area (Å²) in [6, 6.07) is 18.8. The summed E-state index contributed by atoms with van der Waals surface area (Å²) >= 11 is 0. The van der Waals surface area contributed by atoms with E-state index < -0.39 is 0 Å². The number of anilines is 3. The first-order chi connectivity index (χ1) is 16.6. The second kappa shape index (κ2) is 9.26. The zero-order valence-corrected chi connectivity index (χ0v) is 21.0. The Bertz CT molecular complexity index is 1370. The van der Waals surface area contributed by atoms with Crippen LogP contribution >= 0.6 is 0 Å². The number of nitrogens with zero attached hydrogens (tertiary/aromatic N) is 1. The van der Waals surface area contributed by atoms with Crippen LogP contribution in [0.2, 0.25) is 0 Å². The molecular weight excluding hydrogens is 438 g/mol. The molecule has 0 amide bonds. The van der Waals surface area contributed by atoms with Gasteiger partial charge in [0.15, 0.2) is 5.75 Å². The molecule has 4 aromatic carbocycles. The lowest BCUT2D eigenvalue weighted by Gasteiger charge is -2.31. The van der Waals surface area contributed by atoms with Crippen molar-refractivity contribution in [1.29, 1.82) is 0 Å². The lowest BCUT2D eigenvalue weighted by molar-refractivity contribution is 0.446. The molecule has 0 radical (unpaired) electrons. The minimum Gasteiger partial charge on any atom is -0.508 e. The van der Waals surface area contributed by atoms with Crippen molar-refractivity contribution >= 4 is 17.1 Å². The second-order valence-corrected chi connectivity index (χ2v) is 9.01. The lowest BCUT2D eigenvalue weighted by Crippen LogP contribution is -2.14. The predicted octanol–water partition coefficient (Wildman–Crippen LogP) is 7.92. The van der Waals surface area contributed by atoms with Crippen LogP contribution in [0, 0.1) is 41.5 Å². The van der Waals surface area contributed by atoms with Crippen LogP contribution in [0.25, 0.3) is 0 Å². The van der Waals surface area contributed by atoms with Crippen LogP contribution < -0.4 is 9.64 Å². The van der Waals surface area contributed by atoms with Gasteiger partial charge in [0.25, 0.3) is 0 Å². The third-order valence-electron chi connectivity index (χ3n) is 6.58. The van der Waals surface area contributed by atoms with E-state index in [4.69, 9.17) is 4.74 Å². The van der Waals surface area contributed by atoms with Crippen molar-refractivity contribution < 1.29 is 20.1 Å². The molecule has 180 valence electrons. The van der Waals surface area contributed by atoms with Gasteiger partial charge in [0, 0.05) is 16.7 Å². The van der Waals surface area contributed by atoms with Crippen molar-refractivity contribution in [2.75, 3.05) is 4.90 Å². The topological polar surface area (TPSA) is 73.2 Å². The molecule has 0 saturated carbocycles. The van der Waals surface area contributed by atoms with Gasteiger partial charge in [-0.05, 0) is 88.6 Å². The van der Waals surface area contributed by atoms with Crippen molar-refractivity contribution in [1.82, 2.24) is 0 Å². The van der Waals surface area contributed by atoms with E-state index in [1.807, 2.05) is 101 Å². The van der Waals surface area contributed by atoms with Gasteiger partial charge in [0.05, 0.1) is 17.1 Å². The van der Waals surface area contributed by atoms with Gasteiger partial charge in [0.1, 0.15) is 23.0 Å². The molecule has 0 atom stereocenters. The van der Waals surface area contributed by atoms with E-state index in [0.717, 1.165) is 33.8 Å². The van der Waals surface area contributed by atoms with Crippen molar-refractivity contribution in [2.24, 2.45) is 0 Å². The van der Waals surface area contributed by atoms with Gasteiger partial charge in [0.2, 0.25) is 0 Å². The maximum absolute atomic E-state index is 10.8. The third-order valence-corrected chi connectivity index (χ3v) is 6.58. The van der Waals surface area contributed by atoms with E-state index in [2.05, 4.69) is 0 Å². The largest absolute Gasteiger partial charge is 0.508 e. The molecule has 0 unspecified atom stereocenters. The fraction of sp³-hybridized carbons (Fsp3) is 0.200. The van der Waals surface area contributed by atoms with Crippen LogP contribution in [-0.2, 0) is 0 Å². The molecule has 0 spiro atoms. The number of hydrogen-bond donors (Lipinski definition) is 3. The second-order valence-electron chi connectivity index (χ2n) is 9.01. The summed E-state index contributed by atoms with van der Waals surface area (Å²) in [6.45, 7) is 11.2. The van der Waals surface area contributed by atoms with Gasteiger partial charge in [-0.15, -0.1) is 0 Å². The van der Waals surface area contributed by atoms with Gasteiger partial charge in [-0.1, -0.05) is 30.3 Å². The number of hydrogen-bond acceptors (Lipinski definition) is 5. The fourth-order valence-corrected chi connectivity index (χ4v) is 4.34. The summed E-state index contributed by atoms with van der Waals surface area (Å²) in [5.41, 5.74) is 6.80. The summed E-state index contributed by atoms with van der Waals surface area (Å²) in [6.07, 6.45) is 0. The average Bonchev–Trinajstić information content (AvgIpc) is 2.84. The first kappa shape index (κ1) is 24.0. The number of phenols is 3. The minimum absolute atomic E-state index is 0.165. The minimum atomic E-state index is 0.165. The Labute approximate surface area is 206 Å². The molecule has 5 nitrogen and oxygen atoms in total. The summed E-state index contributed by atoms with van der Waals surface area (Å²) in [5, 5.41) is 31.8. The fourth-order valence-electron chi connectivity index (χ4n) is 4.34. The van der Waals surface area contributed by atoms with E-state index in [1.165, 1.54) is 0 Å². The zero-order valence-electron chi connectivity index (χ0n) is 21.0. The maximum Gasteiger partial charge on any atom is 0.151 e. The maximum atomic E-state index is 10.8. The summed E-state index contributed by atoms with van der Waals surface area (Å²) in [7, 11) is 0. The molecule has 4 rings (SSSR count). The van der Waals surface area contributed by atoms with E-state index in [9.17, 15) is 15.3 Å². The van der Waals surface area contributed by atoms with Gasteiger partial charge in [-0.25, -0.2) is 0 Å². The van der Waals surface area contributed by atoms with Crippen molar-refractivity contribution in [2.45, 2.75) is 41.5 Å². The smallest absolute Gasteiger partial charge is 0.151 e. The molecule has 0 heterocycles. The van der Waals surface area contributed by atoms with Crippen molar-refractivity contribution in [3.05, 3.63) is 94.0 Å². The van der Waals surface area contributed by atoms with Gasteiger partial charge in [-0.2, -0.15) is 0 Å². The normalized spacial score (nSPS) is 10.9. The SMILES string of the molecule is Cc1ccc(N(c2ccccc2Oc2c(C)ccc(O)c2C)c2ccc(C)c(O)c2C)c(C)c1O. The van der Waals surface area contributed by atoms with Crippen LogP contribution in [0.4, 0.5) is 17.1 Å². The highest BCUT2D eigenvalue weighted by molar-refractivity contribution is 5.85. The van der Waals surface area contributed by atoms with E-state index >= 15 is 0 Å². The Morgan fingerprint density at radius 1 is 0.543 bits per heavy atom. The molecule has 0 fully saturated rings. The number of rotatable bonds is 5. The Balaban J connectivity index is 1.99. The van der Waals surface area contributed by atoms with Crippen molar-refractivity contribution in [3.63, 3.8) is 0 Å². The molecule has 0 bridgehead atoms. The number of aryl methyl sites for hydroxylation is 3. The Hall–Kier alpha value is -4.12. The molecule has 0 aliphatic rings. The monoisotopic (exact) mass is 469 g/mol. The molecule has 4 aromatic rings. The quantitative estimate of drug-likeness (QED) is 0.277. The lowest BCUT2D eigenvalue weighted by atomic mass is 10.0. The number of phenolic OH excluding ortho intramolecular Hbond substituents is 3. The van der Waals surface area contributed by atoms with Gasteiger partial charge >= 0.3 is 0 Å². The number of benzene rings is 4. The summed E-state index contributed by atoms with van der Waals surface area (Å²) < 4.78 is 6.44.